The molecule has 0 aliphatic heterocycles. The molecule has 4 heteroatoms. The molecule has 0 radical (unpaired) electrons. The van der Waals surface area contributed by atoms with Crippen molar-refractivity contribution in [1.82, 2.24) is 0 Å². The van der Waals surface area contributed by atoms with Crippen molar-refractivity contribution in [2.75, 3.05) is 25.6 Å². The number of hydrogen-bond acceptors (Lipinski definition) is 3. The van der Waals surface area contributed by atoms with E-state index >= 15 is 0 Å². The van der Waals surface area contributed by atoms with Crippen molar-refractivity contribution in [3.05, 3.63) is 24.0 Å². The first kappa shape index (κ1) is 11.2. The fourth-order valence-corrected chi connectivity index (χ4v) is 1.84. The van der Waals surface area contributed by atoms with Gasteiger partial charge >= 0.3 is 0 Å². The second-order valence-corrected chi connectivity index (χ2v) is 4.53. The smallest absolute Gasteiger partial charge is 0.142 e. The van der Waals surface area contributed by atoms with Gasteiger partial charge in [-0.1, -0.05) is 0 Å². The van der Waals surface area contributed by atoms with Crippen LogP contribution in [-0.4, -0.2) is 26.2 Å². The molecule has 0 heterocycles. The first-order valence-electron chi connectivity index (χ1n) is 5.38. The molecule has 1 saturated carbocycles. The van der Waals surface area contributed by atoms with Gasteiger partial charge < -0.3 is 15.4 Å². The minimum absolute atomic E-state index is 0.0912. The monoisotopic (exact) mass is 224 g/mol. The maximum absolute atomic E-state index is 13.2. The van der Waals surface area contributed by atoms with Crippen LogP contribution in [0.1, 0.15) is 12.8 Å². The van der Waals surface area contributed by atoms with E-state index in [2.05, 4.69) is 0 Å². The van der Waals surface area contributed by atoms with Gasteiger partial charge in [-0.05, 0) is 25.0 Å². The van der Waals surface area contributed by atoms with Gasteiger partial charge in [0.15, 0.2) is 0 Å². The molecule has 88 valence electrons. The number of hydrogen-bond donors (Lipinski definition) is 1. The van der Waals surface area contributed by atoms with Gasteiger partial charge in [-0.15, -0.1) is 0 Å². The average molecular weight is 224 g/mol. The van der Waals surface area contributed by atoms with E-state index in [0.29, 0.717) is 5.75 Å². The van der Waals surface area contributed by atoms with E-state index in [1.165, 1.54) is 12.1 Å². The zero-order valence-corrected chi connectivity index (χ0v) is 9.66. The highest BCUT2D eigenvalue weighted by molar-refractivity contribution is 5.58. The summed E-state index contributed by atoms with van der Waals surface area (Å²) in [6.45, 7) is 0.729. The summed E-state index contributed by atoms with van der Waals surface area (Å²) in [5, 5.41) is 0. The van der Waals surface area contributed by atoms with Crippen LogP contribution in [0.15, 0.2) is 18.2 Å². The normalized spacial score (nSPS) is 17.0. The van der Waals surface area contributed by atoms with Gasteiger partial charge in [-0.3, -0.25) is 0 Å². The highest BCUT2D eigenvalue weighted by atomic mass is 19.1. The number of anilines is 1. The Morgan fingerprint density at radius 2 is 2.19 bits per heavy atom. The predicted molar refractivity (Wildman–Crippen MR) is 62.4 cm³/mol. The summed E-state index contributed by atoms with van der Waals surface area (Å²) in [6, 6.07) is 4.51. The summed E-state index contributed by atoms with van der Waals surface area (Å²) >= 11 is 0. The Bertz CT molecular complexity index is 391. The fourth-order valence-electron chi connectivity index (χ4n) is 1.84. The Kier molecular flexibility index (Phi) is 2.76. The van der Waals surface area contributed by atoms with Crippen LogP contribution in [0.5, 0.6) is 5.75 Å². The molecule has 0 aromatic heterocycles. The first-order chi connectivity index (χ1) is 7.54. The first-order valence-corrected chi connectivity index (χ1v) is 5.38. The topological polar surface area (TPSA) is 38.5 Å². The second kappa shape index (κ2) is 3.94. The molecule has 3 nitrogen and oxygen atoms in total. The van der Waals surface area contributed by atoms with Crippen molar-refractivity contribution in [1.29, 1.82) is 0 Å². The van der Waals surface area contributed by atoms with E-state index in [1.807, 2.05) is 11.9 Å². The summed E-state index contributed by atoms with van der Waals surface area (Å²) < 4.78 is 18.4. The molecular weight excluding hydrogens is 207 g/mol. The molecule has 0 amide bonds. The number of methoxy groups -OCH3 is 1. The van der Waals surface area contributed by atoms with Crippen molar-refractivity contribution in [2.24, 2.45) is 5.73 Å². The lowest BCUT2D eigenvalue weighted by Crippen LogP contribution is -2.37. The van der Waals surface area contributed by atoms with Crippen LogP contribution in [0.2, 0.25) is 0 Å². The number of nitrogens with two attached hydrogens (primary N) is 1. The van der Waals surface area contributed by atoms with Crippen molar-refractivity contribution < 1.29 is 9.13 Å². The molecule has 1 aliphatic carbocycles. The molecule has 0 atom stereocenters. The zero-order chi connectivity index (χ0) is 11.8. The number of ether oxygens (including phenoxy) is 1. The molecule has 1 aliphatic rings. The lowest BCUT2D eigenvalue weighted by molar-refractivity contribution is 0.413. The van der Waals surface area contributed by atoms with Gasteiger partial charge in [0.2, 0.25) is 0 Å². The third-order valence-electron chi connectivity index (χ3n) is 3.00. The Labute approximate surface area is 95.0 Å². The maximum Gasteiger partial charge on any atom is 0.142 e. The molecule has 0 spiro atoms. The van der Waals surface area contributed by atoms with E-state index in [4.69, 9.17) is 10.5 Å². The predicted octanol–water partition coefficient (Wildman–Crippen LogP) is 1.76. The van der Waals surface area contributed by atoms with Crippen molar-refractivity contribution in [2.45, 2.75) is 18.4 Å². The zero-order valence-electron chi connectivity index (χ0n) is 9.66. The van der Waals surface area contributed by atoms with E-state index in [1.54, 1.807) is 13.2 Å². The molecule has 0 saturated heterocycles. The third-order valence-corrected chi connectivity index (χ3v) is 3.00. The number of rotatable bonds is 4. The van der Waals surface area contributed by atoms with Crippen LogP contribution in [0.3, 0.4) is 0 Å². The van der Waals surface area contributed by atoms with Crippen LogP contribution in [0.4, 0.5) is 10.1 Å². The molecule has 2 N–H and O–H groups in total. The van der Waals surface area contributed by atoms with E-state index in [-0.39, 0.29) is 11.4 Å². The molecule has 1 aromatic rings. The second-order valence-electron chi connectivity index (χ2n) is 4.53. The minimum Gasteiger partial charge on any atom is -0.495 e. The van der Waals surface area contributed by atoms with E-state index in [9.17, 15) is 4.39 Å². The summed E-state index contributed by atoms with van der Waals surface area (Å²) in [4.78, 5) is 1.95. The Balaban J connectivity index is 2.20. The van der Waals surface area contributed by atoms with Crippen molar-refractivity contribution in [3.63, 3.8) is 0 Å². The SMILES string of the molecule is COc1ccc(F)cc1N(C)CC1(N)CC1. The Hall–Kier alpha value is -1.29. The quantitative estimate of drug-likeness (QED) is 0.847. The molecule has 0 bridgehead atoms. The lowest BCUT2D eigenvalue weighted by atomic mass is 10.2. The standard InChI is InChI=1S/C12H17FN2O/c1-15(8-12(14)5-6-12)10-7-9(13)3-4-11(10)16-2/h3-4,7H,5-6,8,14H2,1-2H3. The Morgan fingerprint density at radius 3 is 2.75 bits per heavy atom. The van der Waals surface area contributed by atoms with Gasteiger partial charge in [-0.25, -0.2) is 4.39 Å². The Morgan fingerprint density at radius 1 is 1.50 bits per heavy atom. The molecule has 0 unspecified atom stereocenters. The highest BCUT2D eigenvalue weighted by Gasteiger charge is 2.39. The van der Waals surface area contributed by atoms with Gasteiger partial charge in [-0.2, -0.15) is 0 Å². The largest absolute Gasteiger partial charge is 0.495 e. The summed E-state index contributed by atoms with van der Waals surface area (Å²) in [5.74, 6) is 0.415. The van der Waals surface area contributed by atoms with Crippen LogP contribution >= 0.6 is 0 Å². The lowest BCUT2D eigenvalue weighted by Gasteiger charge is -2.24. The molecule has 2 rings (SSSR count). The molecule has 1 fully saturated rings. The van der Waals surface area contributed by atoms with E-state index < -0.39 is 0 Å². The number of benzene rings is 1. The van der Waals surface area contributed by atoms with Gasteiger partial charge in [0, 0.05) is 25.2 Å². The minimum atomic E-state index is -0.260. The fraction of sp³-hybridized carbons (Fsp3) is 0.500. The number of nitrogens with zero attached hydrogens (tertiary/aromatic N) is 1. The van der Waals surface area contributed by atoms with E-state index in [0.717, 1.165) is 25.1 Å². The van der Waals surface area contributed by atoms with Crippen molar-refractivity contribution >= 4 is 5.69 Å². The van der Waals surface area contributed by atoms with Crippen LogP contribution in [-0.2, 0) is 0 Å². The average Bonchev–Trinajstić information content (AvgIpc) is 2.96. The van der Waals surface area contributed by atoms with Crippen LogP contribution in [0.25, 0.3) is 0 Å². The van der Waals surface area contributed by atoms with Gasteiger partial charge in [0.05, 0.1) is 12.8 Å². The van der Waals surface area contributed by atoms with Crippen molar-refractivity contribution in [3.8, 4) is 5.75 Å². The maximum atomic E-state index is 13.2. The van der Waals surface area contributed by atoms with Crippen LogP contribution < -0.4 is 15.4 Å². The molecular formula is C12H17FN2O. The summed E-state index contributed by atoms with van der Waals surface area (Å²) in [6.07, 6.45) is 2.07. The number of likely N-dealkylation sites (N-methyl/N-ethyl adjacent to an activating group) is 1. The third kappa shape index (κ3) is 2.27. The van der Waals surface area contributed by atoms with Crippen LogP contribution in [0, 0.1) is 5.82 Å². The molecule has 1 aromatic carbocycles. The summed E-state index contributed by atoms with van der Waals surface area (Å²) in [5.41, 5.74) is 6.70. The van der Waals surface area contributed by atoms with Gasteiger partial charge in [0.25, 0.3) is 0 Å². The summed E-state index contributed by atoms with van der Waals surface area (Å²) in [7, 11) is 3.49. The highest BCUT2D eigenvalue weighted by Crippen LogP contribution is 2.36. The van der Waals surface area contributed by atoms with Gasteiger partial charge in [0.1, 0.15) is 11.6 Å². The molecule has 16 heavy (non-hydrogen) atoms. The number of halogens is 1.